The van der Waals surface area contributed by atoms with E-state index in [1.165, 1.54) is 5.56 Å². The van der Waals surface area contributed by atoms with E-state index in [-0.39, 0.29) is 18.1 Å². The molecule has 3 rings (SSSR count). The molecule has 5 heteroatoms. The predicted molar refractivity (Wildman–Crippen MR) is 123 cm³/mol. The van der Waals surface area contributed by atoms with Crippen molar-refractivity contribution in [2.45, 2.75) is 33.1 Å². The highest BCUT2D eigenvalue weighted by atomic mass is 35.5. The SMILES string of the molecule is CCC(=O)COc1cc(Cl)c(Cc2ccc(O)c(-c3cccc(CC)c3)c2)c(Cl)c1. The van der Waals surface area contributed by atoms with E-state index in [1.54, 1.807) is 25.1 Å². The van der Waals surface area contributed by atoms with Crippen LogP contribution in [0.25, 0.3) is 11.1 Å². The number of ketones is 1. The summed E-state index contributed by atoms with van der Waals surface area (Å²) in [6.45, 7) is 3.89. The Labute approximate surface area is 187 Å². The lowest BCUT2D eigenvalue weighted by Gasteiger charge is -2.13. The first-order chi connectivity index (χ1) is 14.4. The van der Waals surface area contributed by atoms with Gasteiger partial charge < -0.3 is 9.84 Å². The van der Waals surface area contributed by atoms with Gasteiger partial charge in [0.25, 0.3) is 0 Å². The average Bonchev–Trinajstić information content (AvgIpc) is 2.75. The number of phenolic OH excluding ortho intramolecular Hbond substituents is 1. The van der Waals surface area contributed by atoms with E-state index in [9.17, 15) is 9.90 Å². The molecule has 0 amide bonds. The molecule has 0 aliphatic carbocycles. The summed E-state index contributed by atoms with van der Waals surface area (Å²) >= 11 is 12.9. The highest BCUT2D eigenvalue weighted by Gasteiger charge is 2.13. The van der Waals surface area contributed by atoms with Crippen molar-refractivity contribution in [1.82, 2.24) is 0 Å². The summed E-state index contributed by atoms with van der Waals surface area (Å²) in [5.74, 6) is 0.710. The molecular weight excluding hydrogens is 419 g/mol. The summed E-state index contributed by atoms with van der Waals surface area (Å²) in [6, 6.07) is 17.0. The number of carbonyl (C=O) groups is 1. The normalized spacial score (nSPS) is 10.8. The predicted octanol–water partition coefficient (Wildman–Crippen LogP) is 6.88. The number of halogens is 2. The molecule has 30 heavy (non-hydrogen) atoms. The van der Waals surface area contributed by atoms with Crippen LogP contribution in [0.3, 0.4) is 0 Å². The molecule has 0 saturated heterocycles. The molecular formula is C25H24Cl2O3. The zero-order valence-electron chi connectivity index (χ0n) is 17.0. The van der Waals surface area contributed by atoms with Gasteiger partial charge in [0, 0.05) is 28.5 Å². The van der Waals surface area contributed by atoms with Gasteiger partial charge in [-0.3, -0.25) is 4.79 Å². The van der Waals surface area contributed by atoms with E-state index < -0.39 is 0 Å². The number of aryl methyl sites for hydroxylation is 1. The lowest BCUT2D eigenvalue weighted by molar-refractivity contribution is -0.120. The molecule has 1 N–H and O–H groups in total. The standard InChI is InChI=1S/C25H24Cl2O3/c1-3-16-6-5-7-18(10-16)21-11-17(8-9-25(21)29)12-22-23(26)13-20(14-24(22)27)30-15-19(28)4-2/h5-11,13-14,29H,3-4,12,15H2,1-2H3. The molecule has 0 spiro atoms. The maximum absolute atomic E-state index is 11.5. The van der Waals surface area contributed by atoms with Crippen molar-refractivity contribution in [3.63, 3.8) is 0 Å². The van der Waals surface area contributed by atoms with Gasteiger partial charge in [-0.05, 0) is 52.9 Å². The van der Waals surface area contributed by atoms with Gasteiger partial charge in [0.15, 0.2) is 5.78 Å². The minimum absolute atomic E-state index is 0.000645. The van der Waals surface area contributed by atoms with E-state index in [1.807, 2.05) is 24.3 Å². The molecule has 0 heterocycles. The molecule has 0 radical (unpaired) electrons. The van der Waals surface area contributed by atoms with Crippen molar-refractivity contribution >= 4 is 29.0 Å². The van der Waals surface area contributed by atoms with E-state index in [4.69, 9.17) is 27.9 Å². The fraction of sp³-hybridized carbons (Fsp3) is 0.240. The Hall–Kier alpha value is -2.49. The number of rotatable bonds is 8. The molecule has 0 saturated carbocycles. The van der Waals surface area contributed by atoms with Gasteiger partial charge in [-0.1, -0.05) is 67.4 Å². The Morgan fingerprint density at radius 1 is 0.967 bits per heavy atom. The fourth-order valence-corrected chi connectivity index (χ4v) is 3.79. The second-order valence-electron chi connectivity index (χ2n) is 7.13. The summed E-state index contributed by atoms with van der Waals surface area (Å²) in [5, 5.41) is 11.3. The third-order valence-electron chi connectivity index (χ3n) is 5.00. The van der Waals surface area contributed by atoms with Crippen LogP contribution in [0.5, 0.6) is 11.5 Å². The summed E-state index contributed by atoms with van der Waals surface area (Å²) in [5.41, 5.74) is 4.69. The highest BCUT2D eigenvalue weighted by molar-refractivity contribution is 6.36. The van der Waals surface area contributed by atoms with E-state index in [2.05, 4.69) is 19.1 Å². The van der Waals surface area contributed by atoms with Crippen LogP contribution >= 0.6 is 23.2 Å². The van der Waals surface area contributed by atoms with Crippen molar-refractivity contribution in [1.29, 1.82) is 0 Å². The Morgan fingerprint density at radius 3 is 2.37 bits per heavy atom. The maximum atomic E-state index is 11.5. The van der Waals surface area contributed by atoms with Crippen LogP contribution in [0.4, 0.5) is 0 Å². The van der Waals surface area contributed by atoms with Crippen LogP contribution in [0.1, 0.15) is 37.0 Å². The first-order valence-corrected chi connectivity index (χ1v) is 10.7. The molecule has 3 aromatic rings. The van der Waals surface area contributed by atoms with Gasteiger partial charge >= 0.3 is 0 Å². The summed E-state index contributed by atoms with van der Waals surface area (Å²) < 4.78 is 5.49. The molecule has 0 aromatic heterocycles. The van der Waals surface area contributed by atoms with Crippen LogP contribution in [0, 0.1) is 0 Å². The number of phenols is 1. The van der Waals surface area contributed by atoms with E-state index >= 15 is 0 Å². The van der Waals surface area contributed by atoms with Gasteiger partial charge in [-0.15, -0.1) is 0 Å². The summed E-state index contributed by atoms with van der Waals surface area (Å²) in [7, 11) is 0. The quantitative estimate of drug-likeness (QED) is 0.413. The first-order valence-electron chi connectivity index (χ1n) is 9.94. The molecule has 0 atom stereocenters. The van der Waals surface area contributed by atoms with Crippen molar-refractivity contribution < 1.29 is 14.6 Å². The number of hydrogen-bond acceptors (Lipinski definition) is 3. The monoisotopic (exact) mass is 442 g/mol. The van der Waals surface area contributed by atoms with Gasteiger partial charge in [-0.25, -0.2) is 0 Å². The molecule has 0 unspecified atom stereocenters. The second-order valence-corrected chi connectivity index (χ2v) is 7.94. The van der Waals surface area contributed by atoms with Crippen LogP contribution < -0.4 is 4.74 Å². The molecule has 3 nitrogen and oxygen atoms in total. The maximum Gasteiger partial charge on any atom is 0.169 e. The van der Waals surface area contributed by atoms with Crippen molar-refractivity contribution in [3.8, 4) is 22.6 Å². The number of aromatic hydroxyl groups is 1. The Kier molecular flexibility index (Phi) is 7.41. The highest BCUT2D eigenvalue weighted by Crippen LogP contribution is 2.35. The lowest BCUT2D eigenvalue weighted by Crippen LogP contribution is -2.09. The Bertz CT molecular complexity index is 1040. The van der Waals surface area contributed by atoms with Crippen LogP contribution in [-0.2, 0) is 17.6 Å². The van der Waals surface area contributed by atoms with Crippen LogP contribution in [0.15, 0.2) is 54.6 Å². The lowest BCUT2D eigenvalue weighted by atomic mass is 9.96. The Balaban J connectivity index is 1.87. The minimum Gasteiger partial charge on any atom is -0.507 e. The van der Waals surface area contributed by atoms with Crippen molar-refractivity contribution in [2.75, 3.05) is 6.61 Å². The topological polar surface area (TPSA) is 46.5 Å². The minimum atomic E-state index is 0.000645. The molecule has 3 aromatic carbocycles. The molecule has 0 aliphatic heterocycles. The summed E-state index contributed by atoms with van der Waals surface area (Å²) in [6.07, 6.45) is 1.86. The number of benzene rings is 3. The molecule has 0 aliphatic rings. The smallest absolute Gasteiger partial charge is 0.169 e. The van der Waals surface area contributed by atoms with Gasteiger partial charge in [-0.2, -0.15) is 0 Å². The van der Waals surface area contributed by atoms with E-state index in [0.29, 0.717) is 28.6 Å². The molecule has 156 valence electrons. The van der Waals surface area contributed by atoms with Gasteiger partial charge in [0.1, 0.15) is 18.1 Å². The van der Waals surface area contributed by atoms with Gasteiger partial charge in [0.2, 0.25) is 0 Å². The van der Waals surface area contributed by atoms with Crippen LogP contribution in [-0.4, -0.2) is 17.5 Å². The van der Waals surface area contributed by atoms with Gasteiger partial charge in [0.05, 0.1) is 0 Å². The first kappa shape index (κ1) is 22.2. The number of hydrogen-bond donors (Lipinski definition) is 1. The Morgan fingerprint density at radius 2 is 1.70 bits per heavy atom. The largest absolute Gasteiger partial charge is 0.507 e. The number of carbonyl (C=O) groups excluding carboxylic acids is 1. The third-order valence-corrected chi connectivity index (χ3v) is 5.67. The number of Topliss-reactive ketones (excluding diaryl/α,β-unsaturated/α-hetero) is 1. The fourth-order valence-electron chi connectivity index (χ4n) is 3.19. The van der Waals surface area contributed by atoms with Crippen molar-refractivity contribution in [2.24, 2.45) is 0 Å². The average molecular weight is 443 g/mol. The zero-order valence-corrected chi connectivity index (χ0v) is 18.6. The number of ether oxygens (including phenoxy) is 1. The summed E-state index contributed by atoms with van der Waals surface area (Å²) in [4.78, 5) is 11.5. The third kappa shape index (κ3) is 5.35. The molecule has 0 bridgehead atoms. The molecule has 0 fully saturated rings. The van der Waals surface area contributed by atoms with Crippen LogP contribution in [0.2, 0.25) is 10.0 Å². The van der Waals surface area contributed by atoms with Crippen molar-refractivity contribution in [3.05, 3.63) is 81.3 Å². The van der Waals surface area contributed by atoms with E-state index in [0.717, 1.165) is 28.7 Å². The zero-order chi connectivity index (χ0) is 21.7. The second kappa shape index (κ2) is 10.0.